The molecule has 0 aliphatic carbocycles. The Labute approximate surface area is 124 Å². The van der Waals surface area contributed by atoms with Crippen LogP contribution in [0.3, 0.4) is 0 Å². The minimum Gasteiger partial charge on any atom is -0.380 e. The first-order chi connectivity index (χ1) is 9.65. The SMILES string of the molecule is CCOCCNC(=NC)NCCN1CC(C)CC(C)C1. The van der Waals surface area contributed by atoms with Gasteiger partial charge in [-0.25, -0.2) is 0 Å². The van der Waals surface area contributed by atoms with E-state index in [0.29, 0.717) is 0 Å². The lowest BCUT2D eigenvalue weighted by Crippen LogP contribution is -2.45. The third-order valence-corrected chi connectivity index (χ3v) is 3.63. The molecule has 2 unspecified atom stereocenters. The van der Waals surface area contributed by atoms with Gasteiger partial charge in [0.15, 0.2) is 5.96 Å². The zero-order chi connectivity index (χ0) is 14.8. The highest BCUT2D eigenvalue weighted by Gasteiger charge is 2.21. The van der Waals surface area contributed by atoms with E-state index in [1.54, 1.807) is 7.05 Å². The van der Waals surface area contributed by atoms with Gasteiger partial charge in [0, 0.05) is 46.4 Å². The van der Waals surface area contributed by atoms with Crippen LogP contribution in [0.2, 0.25) is 0 Å². The molecule has 118 valence electrons. The number of hydrogen-bond donors (Lipinski definition) is 2. The lowest BCUT2D eigenvalue weighted by Gasteiger charge is -2.35. The minimum absolute atomic E-state index is 0.721. The largest absolute Gasteiger partial charge is 0.380 e. The quantitative estimate of drug-likeness (QED) is 0.418. The Hall–Kier alpha value is -0.810. The van der Waals surface area contributed by atoms with Gasteiger partial charge in [0.2, 0.25) is 0 Å². The summed E-state index contributed by atoms with van der Waals surface area (Å²) < 4.78 is 5.30. The first-order valence-corrected chi connectivity index (χ1v) is 7.90. The molecule has 1 heterocycles. The van der Waals surface area contributed by atoms with Crippen molar-refractivity contribution < 1.29 is 4.74 Å². The molecule has 2 N–H and O–H groups in total. The number of rotatable bonds is 7. The Kier molecular flexibility index (Phi) is 8.62. The predicted octanol–water partition coefficient (Wildman–Crippen LogP) is 1.17. The van der Waals surface area contributed by atoms with E-state index in [4.69, 9.17) is 4.74 Å². The summed E-state index contributed by atoms with van der Waals surface area (Å²) >= 11 is 0. The van der Waals surface area contributed by atoms with Crippen LogP contribution >= 0.6 is 0 Å². The van der Waals surface area contributed by atoms with Crippen molar-refractivity contribution in [3.8, 4) is 0 Å². The Morgan fingerprint density at radius 2 is 1.85 bits per heavy atom. The fourth-order valence-corrected chi connectivity index (χ4v) is 2.91. The van der Waals surface area contributed by atoms with Gasteiger partial charge in [-0.3, -0.25) is 4.99 Å². The van der Waals surface area contributed by atoms with Crippen molar-refractivity contribution in [2.24, 2.45) is 16.8 Å². The van der Waals surface area contributed by atoms with E-state index >= 15 is 0 Å². The van der Waals surface area contributed by atoms with Crippen LogP contribution in [0.1, 0.15) is 27.2 Å². The van der Waals surface area contributed by atoms with E-state index in [0.717, 1.165) is 50.6 Å². The van der Waals surface area contributed by atoms with E-state index in [2.05, 4.69) is 34.4 Å². The van der Waals surface area contributed by atoms with Gasteiger partial charge in [-0.2, -0.15) is 0 Å². The van der Waals surface area contributed by atoms with E-state index in [1.165, 1.54) is 19.5 Å². The van der Waals surface area contributed by atoms with Crippen molar-refractivity contribution in [1.29, 1.82) is 0 Å². The summed E-state index contributed by atoms with van der Waals surface area (Å²) in [7, 11) is 1.81. The Morgan fingerprint density at radius 3 is 2.45 bits per heavy atom. The van der Waals surface area contributed by atoms with E-state index in [1.807, 2.05) is 6.92 Å². The average Bonchev–Trinajstić information content (AvgIpc) is 2.40. The molecule has 1 rings (SSSR count). The second-order valence-corrected chi connectivity index (χ2v) is 5.83. The second kappa shape index (κ2) is 10.00. The maximum atomic E-state index is 5.30. The highest BCUT2D eigenvalue weighted by Crippen LogP contribution is 2.20. The molecule has 1 saturated heterocycles. The first-order valence-electron chi connectivity index (χ1n) is 7.90. The Morgan fingerprint density at radius 1 is 1.20 bits per heavy atom. The molecule has 1 aliphatic heterocycles. The van der Waals surface area contributed by atoms with E-state index in [-0.39, 0.29) is 0 Å². The summed E-state index contributed by atoms with van der Waals surface area (Å²) in [4.78, 5) is 6.77. The van der Waals surface area contributed by atoms with Gasteiger partial charge in [-0.05, 0) is 25.2 Å². The smallest absolute Gasteiger partial charge is 0.191 e. The highest BCUT2D eigenvalue weighted by atomic mass is 16.5. The molecule has 0 aromatic heterocycles. The maximum absolute atomic E-state index is 5.30. The number of aliphatic imine (C=N–C) groups is 1. The lowest BCUT2D eigenvalue weighted by molar-refractivity contribution is 0.143. The number of hydrogen-bond acceptors (Lipinski definition) is 3. The summed E-state index contributed by atoms with van der Waals surface area (Å²) in [5.74, 6) is 2.51. The van der Waals surface area contributed by atoms with Crippen LogP contribution in [0.15, 0.2) is 4.99 Å². The van der Waals surface area contributed by atoms with Crippen molar-refractivity contribution in [2.75, 3.05) is 53.0 Å². The van der Waals surface area contributed by atoms with Gasteiger partial charge >= 0.3 is 0 Å². The van der Waals surface area contributed by atoms with Gasteiger partial charge in [-0.15, -0.1) is 0 Å². The van der Waals surface area contributed by atoms with Gasteiger partial charge in [-0.1, -0.05) is 13.8 Å². The van der Waals surface area contributed by atoms with E-state index < -0.39 is 0 Å². The molecule has 5 heteroatoms. The van der Waals surface area contributed by atoms with Crippen LogP contribution in [-0.2, 0) is 4.74 Å². The summed E-state index contributed by atoms with van der Waals surface area (Å²) in [6.45, 7) is 13.5. The summed E-state index contributed by atoms with van der Waals surface area (Å²) in [6, 6.07) is 0. The molecule has 2 atom stereocenters. The fraction of sp³-hybridized carbons (Fsp3) is 0.933. The van der Waals surface area contributed by atoms with Crippen LogP contribution in [-0.4, -0.2) is 63.8 Å². The van der Waals surface area contributed by atoms with Crippen molar-refractivity contribution in [2.45, 2.75) is 27.2 Å². The molecule has 20 heavy (non-hydrogen) atoms. The molecule has 5 nitrogen and oxygen atoms in total. The summed E-state index contributed by atoms with van der Waals surface area (Å²) in [5.41, 5.74) is 0. The number of piperidine rings is 1. The fourth-order valence-electron chi connectivity index (χ4n) is 2.91. The van der Waals surface area contributed by atoms with Gasteiger partial charge in [0.25, 0.3) is 0 Å². The average molecular weight is 284 g/mol. The third-order valence-electron chi connectivity index (χ3n) is 3.63. The van der Waals surface area contributed by atoms with Crippen LogP contribution in [0.4, 0.5) is 0 Å². The normalized spacial score (nSPS) is 24.7. The summed E-state index contributed by atoms with van der Waals surface area (Å²) in [6.07, 6.45) is 1.37. The van der Waals surface area contributed by atoms with Crippen LogP contribution in [0.25, 0.3) is 0 Å². The van der Waals surface area contributed by atoms with Crippen LogP contribution < -0.4 is 10.6 Å². The molecular formula is C15H32N4O. The van der Waals surface area contributed by atoms with Crippen molar-refractivity contribution in [3.05, 3.63) is 0 Å². The topological polar surface area (TPSA) is 48.9 Å². The molecule has 1 aliphatic rings. The highest BCUT2D eigenvalue weighted by molar-refractivity contribution is 5.79. The number of nitrogens with one attached hydrogen (secondary N) is 2. The molecule has 0 radical (unpaired) electrons. The van der Waals surface area contributed by atoms with Gasteiger partial charge in [0.1, 0.15) is 0 Å². The first kappa shape index (κ1) is 17.2. The van der Waals surface area contributed by atoms with Crippen LogP contribution in [0.5, 0.6) is 0 Å². The monoisotopic (exact) mass is 284 g/mol. The number of nitrogens with zero attached hydrogens (tertiary/aromatic N) is 2. The Balaban J connectivity index is 2.14. The zero-order valence-corrected chi connectivity index (χ0v) is 13.6. The molecule has 0 aromatic carbocycles. The van der Waals surface area contributed by atoms with Gasteiger partial charge in [0.05, 0.1) is 6.61 Å². The zero-order valence-electron chi connectivity index (χ0n) is 13.6. The second-order valence-electron chi connectivity index (χ2n) is 5.83. The minimum atomic E-state index is 0.721. The van der Waals surface area contributed by atoms with E-state index in [9.17, 15) is 0 Å². The number of ether oxygens (including phenoxy) is 1. The standard InChI is InChI=1S/C15H32N4O/c1-5-20-9-7-18-15(16-4)17-6-8-19-11-13(2)10-14(3)12-19/h13-14H,5-12H2,1-4H3,(H2,16,17,18). The molecular weight excluding hydrogens is 252 g/mol. The number of likely N-dealkylation sites (tertiary alicyclic amines) is 1. The number of guanidine groups is 1. The Bertz CT molecular complexity index is 273. The molecule has 0 amide bonds. The van der Waals surface area contributed by atoms with Crippen molar-refractivity contribution in [3.63, 3.8) is 0 Å². The summed E-state index contributed by atoms with van der Waals surface area (Å²) in [5, 5.41) is 6.62. The van der Waals surface area contributed by atoms with Crippen molar-refractivity contribution in [1.82, 2.24) is 15.5 Å². The van der Waals surface area contributed by atoms with Gasteiger partial charge < -0.3 is 20.3 Å². The third kappa shape index (κ3) is 7.10. The van der Waals surface area contributed by atoms with Crippen LogP contribution in [0, 0.1) is 11.8 Å². The lowest BCUT2D eigenvalue weighted by atomic mass is 9.92. The molecule has 1 fully saturated rings. The maximum Gasteiger partial charge on any atom is 0.191 e. The predicted molar refractivity (Wildman–Crippen MR) is 85.2 cm³/mol. The molecule has 0 bridgehead atoms. The molecule has 0 aromatic rings. The molecule has 0 spiro atoms. The van der Waals surface area contributed by atoms with Crippen molar-refractivity contribution >= 4 is 5.96 Å². The molecule has 0 saturated carbocycles.